The number of carbonyl (C=O) groups excluding carboxylic acids is 1. The summed E-state index contributed by atoms with van der Waals surface area (Å²) >= 11 is 0. The molecular formula is C27H29F4N3O5S2. The third-order valence-corrected chi connectivity index (χ3v) is 10.8. The lowest BCUT2D eigenvalue weighted by Gasteiger charge is -2.35. The van der Waals surface area contributed by atoms with Gasteiger partial charge in [-0.3, -0.25) is 10.1 Å². The van der Waals surface area contributed by atoms with E-state index in [1.54, 1.807) is 0 Å². The SMILES string of the molecule is N#CC1(NC(=O)[C@H](CS(=O)(=O)CC2CC2)N[C@@H](c2ccc(F)cc2)C(F)(F)c2ccc(F)cc2)CCS(=O)(=O)CC1. The monoisotopic (exact) mass is 615 g/mol. The molecule has 2 fully saturated rings. The average Bonchev–Trinajstić information content (AvgIpc) is 3.72. The Morgan fingerprint density at radius 2 is 1.56 bits per heavy atom. The molecule has 8 nitrogen and oxygen atoms in total. The molecular weight excluding hydrogens is 586 g/mol. The molecule has 0 unspecified atom stereocenters. The van der Waals surface area contributed by atoms with Crippen LogP contribution in [0.15, 0.2) is 48.5 Å². The fourth-order valence-corrected chi connectivity index (χ4v) is 8.21. The first-order chi connectivity index (χ1) is 19.1. The van der Waals surface area contributed by atoms with Crippen molar-refractivity contribution in [2.75, 3.05) is 23.0 Å². The number of nitrogens with one attached hydrogen (secondary N) is 2. The van der Waals surface area contributed by atoms with Gasteiger partial charge in [0, 0.05) is 5.56 Å². The Kier molecular flexibility index (Phi) is 8.82. The van der Waals surface area contributed by atoms with Gasteiger partial charge in [0.1, 0.15) is 29.3 Å². The number of hydrogen-bond donors (Lipinski definition) is 2. The van der Waals surface area contributed by atoms with Crippen molar-refractivity contribution in [2.24, 2.45) is 5.92 Å². The van der Waals surface area contributed by atoms with Gasteiger partial charge in [-0.05, 0) is 61.4 Å². The first kappa shape index (κ1) is 30.9. The number of halogens is 4. The number of carbonyl (C=O) groups is 1. The summed E-state index contributed by atoms with van der Waals surface area (Å²) in [6.45, 7) is 0. The molecule has 2 aromatic rings. The Bertz CT molecular complexity index is 1510. The average molecular weight is 616 g/mol. The van der Waals surface area contributed by atoms with E-state index in [4.69, 9.17) is 0 Å². The van der Waals surface area contributed by atoms with Crippen LogP contribution in [-0.4, -0.2) is 57.3 Å². The van der Waals surface area contributed by atoms with Crippen LogP contribution in [0.2, 0.25) is 0 Å². The highest BCUT2D eigenvalue weighted by Crippen LogP contribution is 2.41. The summed E-state index contributed by atoms with van der Waals surface area (Å²) in [4.78, 5) is 13.6. The van der Waals surface area contributed by atoms with Crippen LogP contribution < -0.4 is 10.6 Å². The van der Waals surface area contributed by atoms with Gasteiger partial charge in [-0.2, -0.15) is 14.0 Å². The zero-order valence-electron chi connectivity index (χ0n) is 21.8. The van der Waals surface area contributed by atoms with E-state index in [0.717, 1.165) is 48.5 Å². The summed E-state index contributed by atoms with van der Waals surface area (Å²) in [6.07, 6.45) is 0.839. The lowest BCUT2D eigenvalue weighted by atomic mass is 9.92. The van der Waals surface area contributed by atoms with Crippen LogP contribution >= 0.6 is 0 Å². The van der Waals surface area contributed by atoms with Gasteiger partial charge in [0.2, 0.25) is 5.91 Å². The lowest BCUT2D eigenvalue weighted by Crippen LogP contribution is -2.59. The lowest BCUT2D eigenvalue weighted by molar-refractivity contribution is -0.125. The minimum Gasteiger partial charge on any atom is -0.336 e. The molecule has 1 aliphatic heterocycles. The van der Waals surface area contributed by atoms with Crippen molar-refractivity contribution in [3.63, 3.8) is 0 Å². The predicted octanol–water partition coefficient (Wildman–Crippen LogP) is 3.17. The minimum atomic E-state index is -3.96. The van der Waals surface area contributed by atoms with E-state index in [9.17, 15) is 35.7 Å². The van der Waals surface area contributed by atoms with Gasteiger partial charge in [0.05, 0.1) is 29.1 Å². The van der Waals surface area contributed by atoms with Crippen LogP contribution in [-0.2, 0) is 30.4 Å². The topological polar surface area (TPSA) is 133 Å². The molecule has 0 spiro atoms. The van der Waals surface area contributed by atoms with Gasteiger partial charge in [-0.15, -0.1) is 0 Å². The summed E-state index contributed by atoms with van der Waals surface area (Å²) in [5.41, 5.74) is -2.48. The van der Waals surface area contributed by atoms with E-state index >= 15 is 8.78 Å². The molecule has 0 aromatic heterocycles. The van der Waals surface area contributed by atoms with Crippen LogP contribution in [0, 0.1) is 28.9 Å². The van der Waals surface area contributed by atoms with E-state index in [1.807, 2.05) is 6.07 Å². The third-order valence-electron chi connectivity index (χ3n) is 7.34. The van der Waals surface area contributed by atoms with Crippen LogP contribution in [0.5, 0.6) is 0 Å². The standard InChI is InChI=1S/C27H29F4N3O5S2/c28-21-7-3-19(4-8-21)24(27(30,31)20-5-9-22(29)10-6-20)33-23(16-41(38,39)15-18-1-2-18)25(35)34-26(17-32)11-13-40(36,37)14-12-26/h3-10,18,23-24,33H,1-2,11-16H2,(H,34,35)/t23-,24-/m0/s1. The third kappa shape index (κ3) is 7.84. The zero-order chi connectivity index (χ0) is 30.1. The fourth-order valence-electron chi connectivity index (χ4n) is 4.74. The minimum absolute atomic E-state index is 0.105. The summed E-state index contributed by atoms with van der Waals surface area (Å²) in [7, 11) is -7.39. The highest BCUT2D eigenvalue weighted by Gasteiger charge is 2.47. The highest BCUT2D eigenvalue weighted by atomic mass is 32.2. The second-order valence-corrected chi connectivity index (χ2v) is 15.1. The van der Waals surface area contributed by atoms with Gasteiger partial charge < -0.3 is 5.32 Å². The first-order valence-corrected chi connectivity index (χ1v) is 16.6. The molecule has 222 valence electrons. The number of nitrogens with zero attached hydrogens (tertiary/aromatic N) is 1. The molecule has 1 amide bonds. The summed E-state index contributed by atoms with van der Waals surface area (Å²) in [5.74, 6) is -8.44. The van der Waals surface area contributed by atoms with Crippen molar-refractivity contribution in [1.82, 2.24) is 10.6 Å². The van der Waals surface area contributed by atoms with Crippen molar-refractivity contribution in [3.05, 3.63) is 71.3 Å². The van der Waals surface area contributed by atoms with Crippen molar-refractivity contribution in [3.8, 4) is 6.07 Å². The Labute approximate surface area is 236 Å². The van der Waals surface area contributed by atoms with Crippen LogP contribution in [0.3, 0.4) is 0 Å². The summed E-state index contributed by atoms with van der Waals surface area (Å²) in [6, 6.07) is 5.33. The summed E-state index contributed by atoms with van der Waals surface area (Å²) < 4.78 is 109. The highest BCUT2D eigenvalue weighted by molar-refractivity contribution is 7.91. The molecule has 4 rings (SSSR count). The molecule has 2 aromatic carbocycles. The zero-order valence-corrected chi connectivity index (χ0v) is 23.5. The van der Waals surface area contributed by atoms with Crippen LogP contribution in [0.25, 0.3) is 0 Å². The van der Waals surface area contributed by atoms with Gasteiger partial charge in [0.15, 0.2) is 19.7 Å². The van der Waals surface area contributed by atoms with Crippen molar-refractivity contribution < 1.29 is 39.2 Å². The van der Waals surface area contributed by atoms with Crippen molar-refractivity contribution >= 4 is 25.6 Å². The van der Waals surface area contributed by atoms with E-state index in [1.165, 1.54) is 0 Å². The molecule has 0 radical (unpaired) electrons. The maximum atomic E-state index is 16.0. The predicted molar refractivity (Wildman–Crippen MR) is 142 cm³/mol. The van der Waals surface area contributed by atoms with Gasteiger partial charge in [-0.1, -0.05) is 24.3 Å². The molecule has 1 saturated carbocycles. The number of rotatable bonds is 11. The number of amides is 1. The molecule has 2 N–H and O–H groups in total. The quantitative estimate of drug-likeness (QED) is 0.371. The second-order valence-electron chi connectivity index (χ2n) is 10.7. The van der Waals surface area contributed by atoms with E-state index in [0.29, 0.717) is 12.8 Å². The molecule has 14 heteroatoms. The van der Waals surface area contributed by atoms with E-state index in [2.05, 4.69) is 10.6 Å². The molecule has 2 atom stereocenters. The molecule has 0 bridgehead atoms. The molecule has 1 saturated heterocycles. The van der Waals surface area contributed by atoms with Crippen molar-refractivity contribution in [2.45, 2.75) is 49.2 Å². The Morgan fingerprint density at radius 1 is 1.02 bits per heavy atom. The number of hydrogen-bond acceptors (Lipinski definition) is 7. The Balaban J connectivity index is 1.71. The molecule has 1 aliphatic carbocycles. The van der Waals surface area contributed by atoms with Crippen LogP contribution in [0.1, 0.15) is 42.9 Å². The Hall–Kier alpha value is -3.02. The smallest absolute Gasteiger partial charge is 0.292 e. The van der Waals surface area contributed by atoms with Gasteiger partial charge in [0.25, 0.3) is 5.92 Å². The van der Waals surface area contributed by atoms with E-state index in [-0.39, 0.29) is 41.6 Å². The number of nitriles is 1. The normalized spacial score (nSPS) is 20.0. The number of sulfone groups is 2. The maximum absolute atomic E-state index is 16.0. The molecule has 2 aliphatic rings. The first-order valence-electron chi connectivity index (χ1n) is 12.9. The van der Waals surface area contributed by atoms with Gasteiger partial charge >= 0.3 is 0 Å². The van der Waals surface area contributed by atoms with Crippen molar-refractivity contribution in [1.29, 1.82) is 5.26 Å². The van der Waals surface area contributed by atoms with E-state index < -0.39 is 72.1 Å². The number of alkyl halides is 2. The van der Waals surface area contributed by atoms with Gasteiger partial charge in [-0.25, -0.2) is 25.6 Å². The molecule has 41 heavy (non-hydrogen) atoms. The molecule has 1 heterocycles. The van der Waals surface area contributed by atoms with Crippen LogP contribution in [0.4, 0.5) is 17.6 Å². The Morgan fingerprint density at radius 3 is 2.07 bits per heavy atom. The second kappa shape index (κ2) is 11.7. The number of benzene rings is 2. The maximum Gasteiger partial charge on any atom is 0.292 e. The fraction of sp³-hybridized carbons (Fsp3) is 0.481. The largest absolute Gasteiger partial charge is 0.336 e. The summed E-state index contributed by atoms with van der Waals surface area (Å²) in [5, 5.41) is 14.7.